The Bertz CT molecular complexity index is 610. The first-order valence-corrected chi connectivity index (χ1v) is 7.31. The zero-order valence-corrected chi connectivity index (χ0v) is 12.1. The molecule has 19 heavy (non-hydrogen) atoms. The van der Waals surface area contributed by atoms with E-state index in [2.05, 4.69) is 39.4 Å². The highest BCUT2D eigenvalue weighted by atomic mass is 79.9. The number of anilines is 1. The van der Waals surface area contributed by atoms with Gasteiger partial charge in [0.1, 0.15) is 5.82 Å². The summed E-state index contributed by atoms with van der Waals surface area (Å²) < 4.78 is 13.7. The van der Waals surface area contributed by atoms with Crippen molar-refractivity contribution in [2.24, 2.45) is 0 Å². The topological polar surface area (TPSA) is 12.0 Å². The molecule has 0 bridgehead atoms. The lowest BCUT2D eigenvalue weighted by atomic mass is 9.97. The first-order chi connectivity index (χ1) is 9.22. The molecule has 0 saturated heterocycles. The van der Waals surface area contributed by atoms with Crippen molar-refractivity contribution in [1.82, 2.24) is 0 Å². The summed E-state index contributed by atoms with van der Waals surface area (Å²) in [5, 5.41) is 3.41. The zero-order valence-electron chi connectivity index (χ0n) is 10.5. The molecule has 98 valence electrons. The molecule has 1 heterocycles. The number of hydrogen-bond donors (Lipinski definition) is 1. The third-order valence-electron chi connectivity index (χ3n) is 3.50. The van der Waals surface area contributed by atoms with Crippen molar-refractivity contribution < 1.29 is 4.39 Å². The third-order valence-corrected chi connectivity index (χ3v) is 4.11. The average Bonchev–Trinajstić information content (AvgIpc) is 2.43. The first kappa shape index (κ1) is 12.7. The molecule has 0 amide bonds. The lowest BCUT2D eigenvalue weighted by Gasteiger charge is -2.18. The molecule has 1 nitrogen and oxygen atoms in total. The Labute approximate surface area is 121 Å². The second-order valence-electron chi connectivity index (χ2n) is 4.95. The van der Waals surface area contributed by atoms with Gasteiger partial charge in [-0.15, -0.1) is 0 Å². The summed E-state index contributed by atoms with van der Waals surface area (Å²) in [6, 6.07) is 11.8. The molecule has 1 aliphatic rings. The minimum absolute atomic E-state index is 0.210. The molecule has 0 unspecified atom stereocenters. The fourth-order valence-electron chi connectivity index (χ4n) is 2.52. The highest BCUT2D eigenvalue weighted by Crippen LogP contribution is 2.25. The van der Waals surface area contributed by atoms with Gasteiger partial charge in [-0.25, -0.2) is 4.39 Å². The lowest BCUT2D eigenvalue weighted by molar-refractivity contribution is 0.620. The molecule has 1 N–H and O–H groups in total. The minimum Gasteiger partial charge on any atom is -0.385 e. The number of hydrogen-bond acceptors (Lipinski definition) is 1. The molecule has 0 spiro atoms. The number of nitrogens with one attached hydrogen (secondary N) is 1. The normalized spacial score (nSPS) is 13.8. The van der Waals surface area contributed by atoms with E-state index in [1.54, 1.807) is 0 Å². The maximum absolute atomic E-state index is 13.2. The van der Waals surface area contributed by atoms with E-state index in [0.717, 1.165) is 24.9 Å². The van der Waals surface area contributed by atoms with E-state index in [0.29, 0.717) is 4.47 Å². The molecule has 0 aromatic heterocycles. The van der Waals surface area contributed by atoms with Crippen LogP contribution in [0.15, 0.2) is 40.9 Å². The Morgan fingerprint density at radius 1 is 1.11 bits per heavy atom. The van der Waals surface area contributed by atoms with E-state index in [9.17, 15) is 4.39 Å². The Hall–Kier alpha value is -1.35. The van der Waals surface area contributed by atoms with E-state index in [-0.39, 0.29) is 5.82 Å². The van der Waals surface area contributed by atoms with Crippen molar-refractivity contribution in [3.63, 3.8) is 0 Å². The van der Waals surface area contributed by atoms with Crippen LogP contribution in [0, 0.1) is 5.82 Å². The number of fused-ring (bicyclic) bond motifs is 1. The van der Waals surface area contributed by atoms with Crippen LogP contribution in [-0.2, 0) is 12.8 Å². The number of halogens is 2. The van der Waals surface area contributed by atoms with Gasteiger partial charge in [0.2, 0.25) is 0 Å². The van der Waals surface area contributed by atoms with Crippen molar-refractivity contribution in [2.45, 2.75) is 19.3 Å². The highest BCUT2D eigenvalue weighted by Gasteiger charge is 2.09. The van der Waals surface area contributed by atoms with Gasteiger partial charge in [0, 0.05) is 12.2 Å². The Balaban J connectivity index is 1.84. The van der Waals surface area contributed by atoms with Gasteiger partial charge >= 0.3 is 0 Å². The van der Waals surface area contributed by atoms with Crippen LogP contribution in [-0.4, -0.2) is 6.54 Å². The van der Waals surface area contributed by atoms with Gasteiger partial charge in [0.25, 0.3) is 0 Å². The highest BCUT2D eigenvalue weighted by molar-refractivity contribution is 9.10. The molecule has 0 radical (unpaired) electrons. The van der Waals surface area contributed by atoms with Crippen LogP contribution in [0.4, 0.5) is 10.1 Å². The zero-order chi connectivity index (χ0) is 13.2. The van der Waals surface area contributed by atoms with E-state index < -0.39 is 0 Å². The first-order valence-electron chi connectivity index (χ1n) is 6.52. The summed E-state index contributed by atoms with van der Waals surface area (Å²) in [7, 11) is 0. The minimum atomic E-state index is -0.210. The predicted octanol–water partition coefficient (Wildman–Crippen LogP) is 4.54. The number of benzene rings is 2. The fourth-order valence-corrected chi connectivity index (χ4v) is 2.95. The monoisotopic (exact) mass is 319 g/mol. The Kier molecular flexibility index (Phi) is 3.56. The summed E-state index contributed by atoms with van der Waals surface area (Å²) in [5.74, 6) is -0.210. The van der Waals surface area contributed by atoms with Crippen molar-refractivity contribution >= 4 is 21.6 Å². The van der Waals surface area contributed by atoms with Crippen LogP contribution in [0.25, 0.3) is 0 Å². The number of aryl methyl sites for hydroxylation is 1. The summed E-state index contributed by atoms with van der Waals surface area (Å²) >= 11 is 3.23. The van der Waals surface area contributed by atoms with Gasteiger partial charge in [0.15, 0.2) is 0 Å². The van der Waals surface area contributed by atoms with E-state index >= 15 is 0 Å². The van der Waals surface area contributed by atoms with Crippen molar-refractivity contribution in [3.8, 4) is 0 Å². The van der Waals surface area contributed by atoms with Crippen molar-refractivity contribution in [2.75, 3.05) is 11.9 Å². The van der Waals surface area contributed by atoms with Crippen LogP contribution < -0.4 is 5.32 Å². The lowest BCUT2D eigenvalue weighted by Crippen LogP contribution is -2.11. The molecule has 0 fully saturated rings. The summed E-state index contributed by atoms with van der Waals surface area (Å²) in [4.78, 5) is 0. The van der Waals surface area contributed by atoms with E-state index in [1.807, 2.05) is 12.1 Å². The second-order valence-corrected chi connectivity index (χ2v) is 5.80. The molecule has 1 aliphatic heterocycles. The standard InChI is InChI=1S/C16H15BrFN/c17-14-10-12(3-5-15(14)18)8-11-4-6-16-13(9-11)2-1-7-19-16/h3-6,9-10,19H,1-2,7-8H2. The molecule has 3 rings (SSSR count). The van der Waals surface area contributed by atoms with Crippen LogP contribution in [0.1, 0.15) is 23.1 Å². The Morgan fingerprint density at radius 2 is 1.89 bits per heavy atom. The van der Waals surface area contributed by atoms with Crippen LogP contribution >= 0.6 is 15.9 Å². The van der Waals surface area contributed by atoms with E-state index in [4.69, 9.17) is 0 Å². The second kappa shape index (κ2) is 5.33. The van der Waals surface area contributed by atoms with Gasteiger partial charge in [0.05, 0.1) is 4.47 Å². The van der Waals surface area contributed by atoms with Gasteiger partial charge in [-0.3, -0.25) is 0 Å². The number of rotatable bonds is 2. The molecule has 0 saturated carbocycles. The third kappa shape index (κ3) is 2.81. The van der Waals surface area contributed by atoms with Gasteiger partial charge < -0.3 is 5.32 Å². The summed E-state index contributed by atoms with van der Waals surface area (Å²) in [6.45, 7) is 1.07. The van der Waals surface area contributed by atoms with Gasteiger partial charge in [-0.1, -0.05) is 18.2 Å². The molecular weight excluding hydrogens is 305 g/mol. The predicted molar refractivity (Wildman–Crippen MR) is 80.2 cm³/mol. The fraction of sp³-hybridized carbons (Fsp3) is 0.250. The quantitative estimate of drug-likeness (QED) is 0.857. The largest absolute Gasteiger partial charge is 0.385 e. The van der Waals surface area contributed by atoms with Crippen molar-refractivity contribution in [1.29, 1.82) is 0 Å². The molecule has 2 aromatic carbocycles. The van der Waals surface area contributed by atoms with Gasteiger partial charge in [-0.2, -0.15) is 0 Å². The summed E-state index contributed by atoms with van der Waals surface area (Å²) in [5.41, 5.74) is 5.05. The van der Waals surface area contributed by atoms with Crippen LogP contribution in [0.5, 0.6) is 0 Å². The Morgan fingerprint density at radius 3 is 2.74 bits per heavy atom. The maximum Gasteiger partial charge on any atom is 0.137 e. The molecular formula is C16H15BrFN. The van der Waals surface area contributed by atoms with Crippen LogP contribution in [0.2, 0.25) is 0 Å². The average molecular weight is 320 g/mol. The summed E-state index contributed by atoms with van der Waals surface area (Å²) in [6.07, 6.45) is 3.17. The molecule has 2 aromatic rings. The molecule has 0 atom stereocenters. The van der Waals surface area contributed by atoms with Gasteiger partial charge in [-0.05, 0) is 70.1 Å². The van der Waals surface area contributed by atoms with Crippen molar-refractivity contribution in [3.05, 3.63) is 63.4 Å². The maximum atomic E-state index is 13.2. The smallest absolute Gasteiger partial charge is 0.137 e. The van der Waals surface area contributed by atoms with Crippen LogP contribution in [0.3, 0.4) is 0 Å². The van der Waals surface area contributed by atoms with E-state index in [1.165, 1.54) is 29.3 Å². The molecule has 3 heteroatoms. The molecule has 0 aliphatic carbocycles. The SMILES string of the molecule is Fc1ccc(Cc2ccc3c(c2)CCCN3)cc1Br.